The lowest BCUT2D eigenvalue weighted by molar-refractivity contribution is -0.119. The molecule has 128 valence electrons. The van der Waals surface area contributed by atoms with E-state index in [0.717, 1.165) is 33.7 Å². The number of aliphatic hydroxyl groups excluding tert-OH is 1. The molecule has 0 spiro atoms. The van der Waals surface area contributed by atoms with Crippen LogP contribution in [0.4, 0.5) is 5.69 Å². The summed E-state index contributed by atoms with van der Waals surface area (Å²) in [5.41, 5.74) is 4.45. The number of carbonyl (C=O) groups is 1. The third-order valence-electron chi connectivity index (χ3n) is 4.87. The topological polar surface area (TPSA) is 78.6 Å². The van der Waals surface area contributed by atoms with Gasteiger partial charge in [-0.25, -0.2) is 4.98 Å². The van der Waals surface area contributed by atoms with Gasteiger partial charge in [0.1, 0.15) is 11.6 Å². The molecule has 6 heteroatoms. The van der Waals surface area contributed by atoms with E-state index in [1.165, 1.54) is 0 Å². The molecule has 1 unspecified atom stereocenters. The minimum atomic E-state index is -0.224. The van der Waals surface area contributed by atoms with Crippen LogP contribution in [0.1, 0.15) is 18.4 Å². The van der Waals surface area contributed by atoms with Crippen molar-refractivity contribution >= 4 is 22.6 Å². The molecule has 1 aromatic heterocycles. The lowest BCUT2D eigenvalue weighted by atomic mass is 10.0. The predicted molar refractivity (Wildman–Crippen MR) is 95.7 cm³/mol. The van der Waals surface area contributed by atoms with Crippen LogP contribution in [0.15, 0.2) is 36.4 Å². The molecule has 0 fully saturated rings. The van der Waals surface area contributed by atoms with E-state index in [4.69, 9.17) is 4.98 Å². The van der Waals surface area contributed by atoms with Gasteiger partial charge in [-0.3, -0.25) is 4.79 Å². The highest BCUT2D eigenvalue weighted by atomic mass is 16.3. The molecule has 4 rings (SSSR count). The van der Waals surface area contributed by atoms with E-state index < -0.39 is 0 Å². The van der Waals surface area contributed by atoms with Crippen LogP contribution in [0, 0.1) is 0 Å². The van der Waals surface area contributed by atoms with Crippen LogP contribution in [0.2, 0.25) is 0 Å². The minimum Gasteiger partial charge on any atom is -0.508 e. The maximum Gasteiger partial charge on any atom is 0.234 e. The first-order valence-corrected chi connectivity index (χ1v) is 8.23. The fourth-order valence-corrected chi connectivity index (χ4v) is 3.51. The normalized spacial score (nSPS) is 16.7. The molecule has 25 heavy (non-hydrogen) atoms. The molecule has 2 heterocycles. The number of fused-ring (bicyclic) bond motifs is 2. The Morgan fingerprint density at radius 2 is 1.92 bits per heavy atom. The first-order chi connectivity index (χ1) is 12.0. The maximum absolute atomic E-state index is 12.4. The number of nitrogens with zero attached hydrogens (tertiary/aromatic N) is 3. The second-order valence-electron chi connectivity index (χ2n) is 6.38. The number of phenols is 1. The van der Waals surface area contributed by atoms with Gasteiger partial charge in [0.2, 0.25) is 5.91 Å². The van der Waals surface area contributed by atoms with Crippen molar-refractivity contribution in [2.75, 3.05) is 18.1 Å². The summed E-state index contributed by atoms with van der Waals surface area (Å²) in [6, 6.07) is 10.9. The molecule has 3 aromatic rings. The summed E-state index contributed by atoms with van der Waals surface area (Å²) in [7, 11) is 1.94. The molecule has 1 aliphatic rings. The van der Waals surface area contributed by atoms with E-state index in [0.29, 0.717) is 6.54 Å². The highest BCUT2D eigenvalue weighted by Crippen LogP contribution is 2.40. The molecule has 2 N–H and O–H groups in total. The molecule has 1 amide bonds. The molecule has 6 nitrogen and oxygen atoms in total. The number of benzene rings is 2. The van der Waals surface area contributed by atoms with Crippen molar-refractivity contribution in [1.82, 2.24) is 9.55 Å². The predicted octanol–water partition coefficient (Wildman–Crippen LogP) is 2.39. The van der Waals surface area contributed by atoms with Gasteiger partial charge in [0, 0.05) is 19.2 Å². The van der Waals surface area contributed by atoms with Gasteiger partial charge in [-0.2, -0.15) is 0 Å². The first kappa shape index (κ1) is 15.7. The number of β-amino-alcohol motifs (C(OH)–C–C–N with tert-alkyl or cyclic N) is 1. The average Bonchev–Trinajstić information content (AvgIpc) is 3.05. The van der Waals surface area contributed by atoms with Gasteiger partial charge < -0.3 is 19.7 Å². The number of hydrogen-bond acceptors (Lipinski definition) is 4. The number of aryl methyl sites for hydroxylation is 1. The Morgan fingerprint density at radius 1 is 1.20 bits per heavy atom. The highest BCUT2D eigenvalue weighted by Gasteiger charge is 2.34. The molecule has 1 atom stereocenters. The minimum absolute atomic E-state index is 0.0121. The summed E-state index contributed by atoms with van der Waals surface area (Å²) in [6.07, 6.45) is 0. The van der Waals surface area contributed by atoms with Crippen LogP contribution in [0.3, 0.4) is 0 Å². The second-order valence-corrected chi connectivity index (χ2v) is 6.38. The number of aromatic hydroxyl groups is 1. The van der Waals surface area contributed by atoms with E-state index >= 15 is 0 Å². The fourth-order valence-electron chi connectivity index (χ4n) is 3.51. The first-order valence-electron chi connectivity index (χ1n) is 8.23. The van der Waals surface area contributed by atoms with Crippen LogP contribution in [-0.2, 0) is 11.8 Å². The summed E-state index contributed by atoms with van der Waals surface area (Å²) in [4.78, 5) is 18.8. The smallest absolute Gasteiger partial charge is 0.234 e. The number of amides is 1. The lowest BCUT2D eigenvalue weighted by Crippen LogP contribution is -2.30. The zero-order valence-electron chi connectivity index (χ0n) is 14.1. The van der Waals surface area contributed by atoms with Crippen LogP contribution in [0.5, 0.6) is 5.75 Å². The van der Waals surface area contributed by atoms with Crippen molar-refractivity contribution in [2.24, 2.45) is 7.05 Å². The van der Waals surface area contributed by atoms with E-state index in [1.807, 2.05) is 42.8 Å². The molecular weight excluding hydrogens is 318 g/mol. The average molecular weight is 337 g/mol. The third kappa shape index (κ3) is 2.29. The molecular formula is C19H19N3O3. The highest BCUT2D eigenvalue weighted by molar-refractivity contribution is 6.07. The summed E-state index contributed by atoms with van der Waals surface area (Å²) < 4.78 is 1.99. The van der Waals surface area contributed by atoms with Crippen molar-refractivity contribution in [2.45, 2.75) is 12.8 Å². The van der Waals surface area contributed by atoms with Crippen LogP contribution >= 0.6 is 0 Å². The Balaban J connectivity index is 1.89. The SMILES string of the molecule is CC1C(=O)N(CCO)c2cc3nc(-c4ccc(O)cc4)n(C)c3cc21. The summed E-state index contributed by atoms with van der Waals surface area (Å²) in [6.45, 7) is 2.11. The molecule has 0 saturated carbocycles. The number of rotatable bonds is 3. The molecule has 0 bridgehead atoms. The Hall–Kier alpha value is -2.86. The zero-order valence-corrected chi connectivity index (χ0v) is 14.1. The molecule has 0 saturated heterocycles. The van der Waals surface area contributed by atoms with Crippen molar-refractivity contribution in [3.8, 4) is 17.1 Å². The van der Waals surface area contributed by atoms with Gasteiger partial charge in [0.15, 0.2) is 0 Å². The van der Waals surface area contributed by atoms with Crippen LogP contribution in [0.25, 0.3) is 22.4 Å². The zero-order chi connectivity index (χ0) is 17.7. The van der Waals surface area contributed by atoms with Gasteiger partial charge in [-0.05, 0) is 48.9 Å². The Bertz CT molecular complexity index is 976. The fraction of sp³-hybridized carbons (Fsp3) is 0.263. The number of carbonyl (C=O) groups excluding carboxylic acids is 1. The number of imidazole rings is 1. The number of aromatic nitrogens is 2. The standard InChI is InChI=1S/C19H19N3O3/c1-11-14-9-17-15(10-16(14)22(7-8-23)19(11)25)20-18(21(17)2)12-3-5-13(24)6-4-12/h3-6,9-11,23-24H,7-8H2,1-2H3. The molecule has 0 aliphatic carbocycles. The van der Waals surface area contributed by atoms with Crippen molar-refractivity contribution in [3.05, 3.63) is 42.0 Å². The Morgan fingerprint density at radius 3 is 2.60 bits per heavy atom. The number of hydrogen-bond donors (Lipinski definition) is 2. The molecule has 1 aliphatic heterocycles. The van der Waals surface area contributed by atoms with Crippen molar-refractivity contribution in [3.63, 3.8) is 0 Å². The number of aliphatic hydroxyl groups is 1. The van der Waals surface area contributed by atoms with Crippen molar-refractivity contribution in [1.29, 1.82) is 0 Å². The van der Waals surface area contributed by atoms with E-state index in [1.54, 1.807) is 17.0 Å². The number of phenolic OH excluding ortho intramolecular Hbond substituents is 1. The summed E-state index contributed by atoms with van der Waals surface area (Å²) in [5.74, 6) is 0.802. The Labute approximate surface area is 145 Å². The monoisotopic (exact) mass is 337 g/mol. The van der Waals surface area contributed by atoms with E-state index in [-0.39, 0.29) is 24.2 Å². The second kappa shape index (κ2) is 5.60. The van der Waals surface area contributed by atoms with Gasteiger partial charge in [0.25, 0.3) is 0 Å². The van der Waals surface area contributed by atoms with Crippen LogP contribution in [-0.4, -0.2) is 38.8 Å². The van der Waals surface area contributed by atoms with Gasteiger partial charge in [-0.1, -0.05) is 0 Å². The third-order valence-corrected chi connectivity index (χ3v) is 4.87. The summed E-state index contributed by atoms with van der Waals surface area (Å²) in [5, 5.41) is 18.7. The summed E-state index contributed by atoms with van der Waals surface area (Å²) >= 11 is 0. The quantitative estimate of drug-likeness (QED) is 0.769. The van der Waals surface area contributed by atoms with Crippen molar-refractivity contribution < 1.29 is 15.0 Å². The van der Waals surface area contributed by atoms with Gasteiger partial charge >= 0.3 is 0 Å². The molecule has 2 aromatic carbocycles. The van der Waals surface area contributed by atoms with Gasteiger partial charge in [-0.15, -0.1) is 0 Å². The van der Waals surface area contributed by atoms with Gasteiger partial charge in [0.05, 0.1) is 29.2 Å². The number of anilines is 1. The lowest BCUT2D eigenvalue weighted by Gasteiger charge is -2.15. The van der Waals surface area contributed by atoms with E-state index in [2.05, 4.69) is 0 Å². The molecule has 0 radical (unpaired) electrons. The van der Waals surface area contributed by atoms with E-state index in [9.17, 15) is 15.0 Å². The maximum atomic E-state index is 12.4. The van der Waals surface area contributed by atoms with Crippen LogP contribution < -0.4 is 4.90 Å². The Kier molecular flexibility index (Phi) is 3.51. The largest absolute Gasteiger partial charge is 0.508 e.